The van der Waals surface area contributed by atoms with Crippen molar-refractivity contribution < 1.29 is 8.42 Å². The first-order valence-corrected chi connectivity index (χ1v) is 7.43. The van der Waals surface area contributed by atoms with Gasteiger partial charge < -0.3 is 5.73 Å². The number of nitrogens with two attached hydrogens (primary N) is 1. The molecule has 0 amide bonds. The molecule has 0 bridgehead atoms. The third kappa shape index (κ3) is 2.10. The molecule has 0 radical (unpaired) electrons. The first-order valence-electron chi connectivity index (χ1n) is 5.09. The van der Waals surface area contributed by atoms with Crippen molar-refractivity contribution in [1.82, 2.24) is 0 Å². The van der Waals surface area contributed by atoms with Gasteiger partial charge in [0.05, 0.1) is 5.25 Å². The van der Waals surface area contributed by atoms with Crippen molar-refractivity contribution in [2.75, 3.05) is 12.8 Å². The molecular formula is C11H14ClNO2S. The summed E-state index contributed by atoms with van der Waals surface area (Å²) in [7, 11) is -3.01. The Morgan fingerprint density at radius 3 is 2.25 bits per heavy atom. The molecule has 5 heteroatoms. The van der Waals surface area contributed by atoms with Crippen LogP contribution in [0.2, 0.25) is 5.02 Å². The van der Waals surface area contributed by atoms with Crippen LogP contribution < -0.4 is 5.73 Å². The Bertz CT molecular complexity index is 483. The normalized spacial score (nSPS) is 29.1. The van der Waals surface area contributed by atoms with E-state index in [1.165, 1.54) is 6.26 Å². The highest BCUT2D eigenvalue weighted by Gasteiger charge is 2.55. The lowest BCUT2D eigenvalue weighted by molar-refractivity contribution is 0.597. The van der Waals surface area contributed by atoms with E-state index in [4.69, 9.17) is 17.3 Å². The fourth-order valence-corrected chi connectivity index (χ4v) is 4.17. The smallest absolute Gasteiger partial charge is 0.151 e. The van der Waals surface area contributed by atoms with Crippen molar-refractivity contribution in [1.29, 1.82) is 0 Å². The zero-order valence-electron chi connectivity index (χ0n) is 8.93. The van der Waals surface area contributed by atoms with Gasteiger partial charge in [0, 0.05) is 17.2 Å². The molecule has 1 saturated carbocycles. The number of halogens is 1. The fraction of sp³-hybridized carbons (Fsp3) is 0.455. The molecule has 1 aliphatic carbocycles. The molecule has 3 nitrogen and oxygen atoms in total. The van der Waals surface area contributed by atoms with Crippen molar-refractivity contribution in [3.05, 3.63) is 34.9 Å². The Morgan fingerprint density at radius 2 is 1.88 bits per heavy atom. The maximum Gasteiger partial charge on any atom is 0.151 e. The highest BCUT2D eigenvalue weighted by atomic mass is 35.5. The topological polar surface area (TPSA) is 60.2 Å². The summed E-state index contributed by atoms with van der Waals surface area (Å²) in [5.74, 6) is 0.0912. The van der Waals surface area contributed by atoms with E-state index in [2.05, 4.69) is 0 Å². The summed E-state index contributed by atoms with van der Waals surface area (Å²) < 4.78 is 23.1. The predicted molar refractivity (Wildman–Crippen MR) is 65.4 cm³/mol. The maximum atomic E-state index is 11.5. The number of hydrogen-bond acceptors (Lipinski definition) is 3. The molecule has 16 heavy (non-hydrogen) atoms. The third-order valence-electron chi connectivity index (χ3n) is 3.12. The number of rotatable bonds is 3. The van der Waals surface area contributed by atoms with Crippen LogP contribution in [-0.2, 0) is 9.84 Å². The van der Waals surface area contributed by atoms with E-state index >= 15 is 0 Å². The molecule has 2 rings (SSSR count). The minimum Gasteiger partial charge on any atom is -0.330 e. The highest BCUT2D eigenvalue weighted by molar-refractivity contribution is 7.91. The lowest BCUT2D eigenvalue weighted by Gasteiger charge is -1.99. The summed E-state index contributed by atoms with van der Waals surface area (Å²) in [6.45, 7) is 0.408. The molecule has 1 aliphatic rings. The van der Waals surface area contributed by atoms with Gasteiger partial charge in [-0.2, -0.15) is 0 Å². The average Bonchev–Trinajstić information content (AvgIpc) is 2.92. The van der Waals surface area contributed by atoms with Gasteiger partial charge in [-0.25, -0.2) is 8.42 Å². The number of sulfone groups is 1. The van der Waals surface area contributed by atoms with E-state index < -0.39 is 9.84 Å². The van der Waals surface area contributed by atoms with Gasteiger partial charge in [0.1, 0.15) is 0 Å². The minimum absolute atomic E-state index is 0.0391. The summed E-state index contributed by atoms with van der Waals surface area (Å²) in [4.78, 5) is 0. The first-order chi connectivity index (χ1) is 7.45. The molecule has 0 heterocycles. The molecule has 1 aromatic rings. The van der Waals surface area contributed by atoms with Gasteiger partial charge in [-0.05, 0) is 30.2 Å². The molecule has 1 fully saturated rings. The average molecular weight is 260 g/mol. The second-order valence-electron chi connectivity index (χ2n) is 4.27. The molecule has 2 N–H and O–H groups in total. The quantitative estimate of drug-likeness (QED) is 0.893. The second kappa shape index (κ2) is 4.02. The van der Waals surface area contributed by atoms with Crippen molar-refractivity contribution >= 4 is 21.4 Å². The molecule has 88 valence electrons. The van der Waals surface area contributed by atoms with Crippen LogP contribution in [0.4, 0.5) is 0 Å². The summed E-state index contributed by atoms with van der Waals surface area (Å²) in [6.07, 6.45) is 1.27. The van der Waals surface area contributed by atoms with Crippen molar-refractivity contribution in [3.8, 4) is 0 Å². The van der Waals surface area contributed by atoms with Crippen LogP contribution in [0.1, 0.15) is 11.5 Å². The Hall–Kier alpha value is -0.580. The highest BCUT2D eigenvalue weighted by Crippen LogP contribution is 2.51. The Kier molecular flexibility index (Phi) is 2.99. The number of hydrogen-bond donors (Lipinski definition) is 1. The summed E-state index contributed by atoms with van der Waals surface area (Å²) >= 11 is 5.79. The Labute approximate surface area is 101 Å². The van der Waals surface area contributed by atoms with Gasteiger partial charge in [0.25, 0.3) is 0 Å². The van der Waals surface area contributed by atoms with E-state index in [0.29, 0.717) is 11.6 Å². The molecule has 0 unspecified atom stereocenters. The molecule has 0 aliphatic heterocycles. The van der Waals surface area contributed by atoms with Crippen LogP contribution in [0, 0.1) is 5.92 Å². The summed E-state index contributed by atoms with van der Waals surface area (Å²) in [6, 6.07) is 7.31. The lowest BCUT2D eigenvalue weighted by Crippen LogP contribution is -2.11. The first kappa shape index (κ1) is 11.9. The standard InChI is InChI=1S/C11H14ClNO2S/c1-16(14,15)11-9(6-13)10(11)7-2-4-8(12)5-3-7/h2-5,9-11H,6,13H2,1H3/t9-,10+,11+/m0/s1. The van der Waals surface area contributed by atoms with Gasteiger partial charge in [0.2, 0.25) is 0 Å². The van der Waals surface area contributed by atoms with E-state index in [-0.39, 0.29) is 17.1 Å². The Morgan fingerprint density at radius 1 is 1.31 bits per heavy atom. The van der Waals surface area contributed by atoms with Crippen LogP contribution in [-0.4, -0.2) is 26.5 Å². The largest absolute Gasteiger partial charge is 0.330 e. The maximum absolute atomic E-state index is 11.5. The molecule has 0 aromatic heterocycles. The molecule has 1 aromatic carbocycles. The second-order valence-corrected chi connectivity index (χ2v) is 6.91. The number of benzene rings is 1. The van der Waals surface area contributed by atoms with Crippen LogP contribution >= 0.6 is 11.6 Å². The van der Waals surface area contributed by atoms with E-state index in [1.807, 2.05) is 12.1 Å². The monoisotopic (exact) mass is 259 g/mol. The zero-order chi connectivity index (χ0) is 11.9. The fourth-order valence-electron chi connectivity index (χ4n) is 2.33. The third-order valence-corrected chi connectivity index (χ3v) is 5.00. The summed E-state index contributed by atoms with van der Waals surface area (Å²) in [5.41, 5.74) is 6.60. The van der Waals surface area contributed by atoms with Crippen molar-refractivity contribution in [2.24, 2.45) is 11.7 Å². The van der Waals surface area contributed by atoms with E-state index in [1.54, 1.807) is 12.1 Å². The van der Waals surface area contributed by atoms with E-state index in [9.17, 15) is 8.42 Å². The minimum atomic E-state index is -3.01. The summed E-state index contributed by atoms with van der Waals surface area (Å²) in [5, 5.41) is 0.336. The van der Waals surface area contributed by atoms with Gasteiger partial charge in [-0.15, -0.1) is 0 Å². The van der Waals surface area contributed by atoms with Crippen molar-refractivity contribution in [2.45, 2.75) is 11.2 Å². The van der Waals surface area contributed by atoms with Gasteiger partial charge >= 0.3 is 0 Å². The predicted octanol–water partition coefficient (Wildman–Crippen LogP) is 1.43. The SMILES string of the molecule is CS(=O)(=O)[C@@H]1[C@@H](CN)[C@H]1c1ccc(Cl)cc1. The van der Waals surface area contributed by atoms with Crippen LogP contribution in [0.5, 0.6) is 0 Å². The molecule has 0 spiro atoms. The zero-order valence-corrected chi connectivity index (χ0v) is 10.5. The Balaban J connectivity index is 2.27. The molecular weight excluding hydrogens is 246 g/mol. The van der Waals surface area contributed by atoms with Crippen LogP contribution in [0.25, 0.3) is 0 Å². The van der Waals surface area contributed by atoms with Crippen LogP contribution in [0.3, 0.4) is 0 Å². The van der Waals surface area contributed by atoms with E-state index in [0.717, 1.165) is 5.56 Å². The van der Waals surface area contributed by atoms with Gasteiger partial charge in [-0.3, -0.25) is 0 Å². The lowest BCUT2D eigenvalue weighted by atomic mass is 10.1. The van der Waals surface area contributed by atoms with Crippen LogP contribution in [0.15, 0.2) is 24.3 Å². The molecule has 0 saturated heterocycles. The van der Waals surface area contributed by atoms with Gasteiger partial charge in [0.15, 0.2) is 9.84 Å². The molecule has 3 atom stereocenters. The van der Waals surface area contributed by atoms with Gasteiger partial charge in [-0.1, -0.05) is 23.7 Å². The van der Waals surface area contributed by atoms with Crippen molar-refractivity contribution in [3.63, 3.8) is 0 Å².